The van der Waals surface area contributed by atoms with Gasteiger partial charge in [0.1, 0.15) is 0 Å². The van der Waals surface area contributed by atoms with E-state index in [0.717, 1.165) is 19.3 Å². The molecule has 7 heteroatoms. The van der Waals surface area contributed by atoms with Crippen molar-refractivity contribution < 1.29 is 22.7 Å². The van der Waals surface area contributed by atoms with Gasteiger partial charge >= 0.3 is 5.97 Å². The SMILES string of the molecule is O=C(OC(C(=O)c1ccccc1)c1ccccc1)c1ccc(S(=O)(=O)N2CCCCC2)cc1. The van der Waals surface area contributed by atoms with Gasteiger partial charge in [-0.05, 0) is 37.1 Å². The summed E-state index contributed by atoms with van der Waals surface area (Å²) < 4.78 is 32.8. The predicted molar refractivity (Wildman–Crippen MR) is 124 cm³/mol. The first-order chi connectivity index (χ1) is 16.0. The summed E-state index contributed by atoms with van der Waals surface area (Å²) in [6.07, 6.45) is 1.61. The van der Waals surface area contributed by atoms with E-state index in [4.69, 9.17) is 4.74 Å². The normalized spacial score (nSPS) is 15.5. The van der Waals surface area contributed by atoms with E-state index in [1.807, 2.05) is 6.07 Å². The summed E-state index contributed by atoms with van der Waals surface area (Å²) in [4.78, 5) is 26.1. The van der Waals surface area contributed by atoms with Gasteiger partial charge in [-0.25, -0.2) is 13.2 Å². The molecule has 4 rings (SSSR count). The first-order valence-corrected chi connectivity index (χ1v) is 12.4. The number of hydrogen-bond acceptors (Lipinski definition) is 5. The molecule has 170 valence electrons. The second-order valence-corrected chi connectivity index (χ2v) is 9.85. The van der Waals surface area contributed by atoms with Crippen LogP contribution in [0.15, 0.2) is 89.8 Å². The molecule has 3 aromatic rings. The minimum Gasteiger partial charge on any atom is -0.445 e. The largest absolute Gasteiger partial charge is 0.445 e. The molecule has 0 bridgehead atoms. The van der Waals surface area contributed by atoms with Gasteiger partial charge < -0.3 is 4.74 Å². The third kappa shape index (κ3) is 5.21. The van der Waals surface area contributed by atoms with Crippen LogP contribution in [0.2, 0.25) is 0 Å². The summed E-state index contributed by atoms with van der Waals surface area (Å²) in [5.41, 5.74) is 1.17. The second-order valence-electron chi connectivity index (χ2n) is 7.92. The maximum atomic E-state index is 13.1. The number of benzene rings is 3. The number of Topliss-reactive ketones (excluding diaryl/α,β-unsaturated/α-hetero) is 1. The van der Waals surface area contributed by atoms with E-state index in [1.54, 1.807) is 54.6 Å². The molecule has 1 unspecified atom stereocenters. The molecule has 1 saturated heterocycles. The van der Waals surface area contributed by atoms with E-state index in [9.17, 15) is 18.0 Å². The van der Waals surface area contributed by atoms with Crippen LogP contribution in [0.4, 0.5) is 0 Å². The Morgan fingerprint density at radius 2 is 1.30 bits per heavy atom. The zero-order valence-corrected chi connectivity index (χ0v) is 18.9. The first kappa shape index (κ1) is 22.9. The fraction of sp³-hybridized carbons (Fsp3) is 0.231. The summed E-state index contributed by atoms with van der Waals surface area (Å²) in [6, 6.07) is 23.1. The highest BCUT2D eigenvalue weighted by Gasteiger charge is 2.28. The molecule has 0 aromatic heterocycles. The molecule has 0 spiro atoms. The predicted octanol–water partition coefficient (Wildman–Crippen LogP) is 4.64. The van der Waals surface area contributed by atoms with Crippen molar-refractivity contribution in [3.8, 4) is 0 Å². The van der Waals surface area contributed by atoms with Gasteiger partial charge in [0.05, 0.1) is 10.5 Å². The van der Waals surface area contributed by atoms with E-state index in [1.165, 1.54) is 28.6 Å². The molecule has 6 nitrogen and oxygen atoms in total. The number of carbonyl (C=O) groups is 2. The Kier molecular flexibility index (Phi) is 7.01. The van der Waals surface area contributed by atoms with Gasteiger partial charge in [-0.2, -0.15) is 4.31 Å². The zero-order valence-electron chi connectivity index (χ0n) is 18.1. The molecule has 1 atom stereocenters. The first-order valence-electron chi connectivity index (χ1n) is 10.9. The van der Waals surface area contributed by atoms with Crippen LogP contribution in [-0.2, 0) is 14.8 Å². The number of carbonyl (C=O) groups excluding carboxylic acids is 2. The molecule has 1 aliphatic rings. The Labute approximate surface area is 193 Å². The van der Waals surface area contributed by atoms with Gasteiger partial charge in [0, 0.05) is 24.2 Å². The Balaban J connectivity index is 1.55. The average molecular weight is 464 g/mol. The lowest BCUT2D eigenvalue weighted by molar-refractivity contribution is 0.0280. The van der Waals surface area contributed by atoms with Crippen LogP contribution in [0.1, 0.15) is 51.6 Å². The minimum atomic E-state index is -3.59. The van der Waals surface area contributed by atoms with Crippen molar-refractivity contribution in [2.45, 2.75) is 30.3 Å². The van der Waals surface area contributed by atoms with E-state index in [2.05, 4.69) is 0 Å². The van der Waals surface area contributed by atoms with Gasteiger partial charge in [0.15, 0.2) is 6.10 Å². The summed E-state index contributed by atoms with van der Waals surface area (Å²) in [6.45, 7) is 1.01. The van der Waals surface area contributed by atoms with Gasteiger partial charge in [0.2, 0.25) is 15.8 Å². The molecule has 33 heavy (non-hydrogen) atoms. The summed E-state index contributed by atoms with van der Waals surface area (Å²) >= 11 is 0. The quantitative estimate of drug-likeness (QED) is 0.377. The van der Waals surface area contributed by atoms with E-state index < -0.39 is 22.1 Å². The fourth-order valence-electron chi connectivity index (χ4n) is 3.85. The Hall–Kier alpha value is -3.29. The molecule has 0 aliphatic carbocycles. The van der Waals surface area contributed by atoms with Crippen LogP contribution in [0.3, 0.4) is 0 Å². The number of rotatable bonds is 7. The van der Waals surface area contributed by atoms with Crippen molar-refractivity contribution >= 4 is 21.8 Å². The summed E-state index contributed by atoms with van der Waals surface area (Å²) in [7, 11) is -3.59. The van der Waals surface area contributed by atoms with Gasteiger partial charge in [-0.15, -0.1) is 0 Å². The number of sulfonamides is 1. The molecule has 1 heterocycles. The van der Waals surface area contributed by atoms with Crippen LogP contribution in [-0.4, -0.2) is 37.6 Å². The lowest BCUT2D eigenvalue weighted by atomic mass is 10.00. The molecule has 3 aromatic carbocycles. The standard InChI is InChI=1S/C26H25NO5S/c28-24(20-10-4-1-5-11-20)25(21-12-6-2-7-13-21)32-26(29)22-14-16-23(17-15-22)33(30,31)27-18-8-3-9-19-27/h1-2,4-7,10-17,25H,3,8-9,18-19H2. The van der Waals surface area contributed by atoms with E-state index in [-0.39, 0.29) is 16.2 Å². The summed E-state index contributed by atoms with van der Waals surface area (Å²) in [5.74, 6) is -1.03. The highest BCUT2D eigenvalue weighted by Crippen LogP contribution is 2.25. The maximum Gasteiger partial charge on any atom is 0.339 e. The topological polar surface area (TPSA) is 80.8 Å². The minimum absolute atomic E-state index is 0.140. The lowest BCUT2D eigenvalue weighted by Gasteiger charge is -2.25. The smallest absolute Gasteiger partial charge is 0.339 e. The van der Waals surface area contributed by atoms with Crippen molar-refractivity contribution in [3.63, 3.8) is 0 Å². The Morgan fingerprint density at radius 3 is 1.91 bits per heavy atom. The molecular weight excluding hydrogens is 438 g/mol. The molecule has 1 aliphatic heterocycles. The number of ketones is 1. The van der Waals surface area contributed by atoms with Gasteiger partial charge in [-0.1, -0.05) is 67.1 Å². The van der Waals surface area contributed by atoms with Crippen LogP contribution in [0.5, 0.6) is 0 Å². The molecule has 0 N–H and O–H groups in total. The maximum absolute atomic E-state index is 13.1. The molecule has 0 radical (unpaired) electrons. The van der Waals surface area contributed by atoms with Gasteiger partial charge in [0.25, 0.3) is 0 Å². The number of ether oxygens (including phenoxy) is 1. The van der Waals surface area contributed by atoms with Gasteiger partial charge in [-0.3, -0.25) is 4.79 Å². The molecular formula is C26H25NO5S. The third-order valence-corrected chi connectivity index (χ3v) is 7.58. The highest BCUT2D eigenvalue weighted by molar-refractivity contribution is 7.89. The van der Waals surface area contributed by atoms with E-state index in [0.29, 0.717) is 24.2 Å². The van der Waals surface area contributed by atoms with Crippen LogP contribution in [0, 0.1) is 0 Å². The van der Waals surface area contributed by atoms with Crippen LogP contribution in [0.25, 0.3) is 0 Å². The number of esters is 1. The van der Waals surface area contributed by atoms with Crippen molar-refractivity contribution in [1.82, 2.24) is 4.31 Å². The molecule has 0 saturated carbocycles. The van der Waals surface area contributed by atoms with Crippen molar-refractivity contribution in [3.05, 3.63) is 102 Å². The zero-order chi connectivity index (χ0) is 23.3. The highest BCUT2D eigenvalue weighted by atomic mass is 32.2. The fourth-order valence-corrected chi connectivity index (χ4v) is 5.36. The molecule has 0 amide bonds. The van der Waals surface area contributed by atoms with E-state index >= 15 is 0 Å². The third-order valence-electron chi connectivity index (χ3n) is 5.67. The number of nitrogens with zero attached hydrogens (tertiary/aromatic N) is 1. The van der Waals surface area contributed by atoms with Crippen LogP contribution < -0.4 is 0 Å². The number of hydrogen-bond donors (Lipinski definition) is 0. The lowest BCUT2D eigenvalue weighted by Crippen LogP contribution is -2.35. The Bertz CT molecular complexity index is 1200. The Morgan fingerprint density at radius 1 is 0.727 bits per heavy atom. The monoisotopic (exact) mass is 463 g/mol. The van der Waals surface area contributed by atoms with Crippen molar-refractivity contribution in [1.29, 1.82) is 0 Å². The van der Waals surface area contributed by atoms with Crippen molar-refractivity contribution in [2.75, 3.05) is 13.1 Å². The van der Waals surface area contributed by atoms with Crippen molar-refractivity contribution in [2.24, 2.45) is 0 Å². The second kappa shape index (κ2) is 10.1. The summed E-state index contributed by atoms with van der Waals surface area (Å²) in [5, 5.41) is 0. The average Bonchev–Trinajstić information content (AvgIpc) is 2.88. The van der Waals surface area contributed by atoms with Crippen LogP contribution >= 0.6 is 0 Å². The number of piperidine rings is 1. The molecule has 1 fully saturated rings.